The van der Waals surface area contributed by atoms with Gasteiger partial charge in [-0.25, -0.2) is 4.79 Å². The number of carbonyl (C=O) groups is 2. The van der Waals surface area contributed by atoms with E-state index in [0.717, 1.165) is 5.72 Å². The molecule has 2 radical (unpaired) electrons. The van der Waals surface area contributed by atoms with Crippen molar-refractivity contribution in [1.29, 1.82) is 0 Å². The van der Waals surface area contributed by atoms with Crippen LogP contribution in [0, 0.1) is 0 Å². The fraction of sp³-hybridized carbons (Fsp3) is 0.214. The van der Waals surface area contributed by atoms with E-state index in [-0.39, 0.29) is 6.32 Å². The maximum absolute atomic E-state index is 11.7. The van der Waals surface area contributed by atoms with Crippen molar-refractivity contribution in [2.24, 2.45) is 14.1 Å². The normalized spacial score (nSPS) is 10.3. The minimum atomic E-state index is -0.843. The Morgan fingerprint density at radius 2 is 2.00 bits per heavy atom. The molecule has 0 N–H and O–H groups in total. The van der Waals surface area contributed by atoms with Gasteiger partial charge in [-0.3, -0.25) is 13.9 Å². The molecule has 1 aromatic heterocycles. The van der Waals surface area contributed by atoms with Crippen LogP contribution >= 0.6 is 0 Å². The van der Waals surface area contributed by atoms with Crippen molar-refractivity contribution in [1.82, 2.24) is 4.57 Å². The molecule has 0 saturated carbocycles. The van der Waals surface area contributed by atoms with Gasteiger partial charge in [-0.2, -0.15) is 13.6 Å². The Kier molecular flexibility index (Phi) is 4.35. The lowest BCUT2D eigenvalue weighted by atomic mass is 9.71. The first-order valence-electron chi connectivity index (χ1n) is 6.22. The Hall–Kier alpha value is -2.37. The molecular formula is C14H15BN2O3. The van der Waals surface area contributed by atoms with Gasteiger partial charge in [0.15, 0.2) is 0 Å². The third-order valence-corrected chi connectivity index (χ3v) is 2.89. The molecule has 0 saturated heterocycles. The molecule has 0 atom stereocenters. The van der Waals surface area contributed by atoms with Crippen LogP contribution in [0.1, 0.15) is 0 Å². The van der Waals surface area contributed by atoms with E-state index in [1.807, 2.05) is 41.7 Å². The molecule has 5 nitrogen and oxygen atoms in total. The molecule has 102 valence electrons. The number of ketones is 1. The minimum Gasteiger partial charge on any atom is -0.421 e. The van der Waals surface area contributed by atoms with Crippen molar-refractivity contribution in [2.45, 2.75) is 6.32 Å². The van der Waals surface area contributed by atoms with E-state index >= 15 is 0 Å². The summed E-state index contributed by atoms with van der Waals surface area (Å²) in [6, 6.07) is 8.55. The van der Waals surface area contributed by atoms with Gasteiger partial charge >= 0.3 is 5.97 Å². The number of rotatable bonds is 5. The number of Topliss-reactive ketones (excluding diaryl/α,β-unsaturated/α-hetero) is 1. The van der Waals surface area contributed by atoms with Crippen LogP contribution in [0.4, 0.5) is 0 Å². The summed E-state index contributed by atoms with van der Waals surface area (Å²) in [5.74, 6) is -1.05. The highest BCUT2D eigenvalue weighted by molar-refractivity contribution is 6.59. The molecule has 20 heavy (non-hydrogen) atoms. The summed E-state index contributed by atoms with van der Waals surface area (Å²) in [6.45, 7) is 0. The van der Waals surface area contributed by atoms with Crippen LogP contribution in [0.15, 0.2) is 42.7 Å². The van der Waals surface area contributed by atoms with Crippen LogP contribution in [0.25, 0.3) is 0 Å². The third-order valence-electron chi connectivity index (χ3n) is 2.89. The van der Waals surface area contributed by atoms with Gasteiger partial charge in [-0.05, 0) is 12.1 Å². The van der Waals surface area contributed by atoms with Crippen molar-refractivity contribution < 1.29 is 18.9 Å². The molecule has 1 heterocycles. The monoisotopic (exact) mass is 270 g/mol. The molecule has 0 aliphatic heterocycles. The number of nitrogens with zero attached hydrogens (tertiary/aromatic N) is 2. The highest BCUT2D eigenvalue weighted by atomic mass is 16.5. The summed E-state index contributed by atoms with van der Waals surface area (Å²) in [7, 11) is 5.45. The molecule has 0 aliphatic carbocycles. The molecule has 0 amide bonds. The fourth-order valence-electron chi connectivity index (χ4n) is 1.81. The van der Waals surface area contributed by atoms with E-state index in [0.29, 0.717) is 5.75 Å². The molecule has 0 fully saturated rings. The highest BCUT2D eigenvalue weighted by Gasteiger charge is 2.12. The number of ether oxygens (including phenoxy) is 1. The zero-order chi connectivity index (χ0) is 14.5. The van der Waals surface area contributed by atoms with Crippen molar-refractivity contribution in [3.05, 3.63) is 42.7 Å². The smallest absolute Gasteiger partial charge is 0.376 e. The summed E-state index contributed by atoms with van der Waals surface area (Å²) in [4.78, 5) is 23.4. The first-order chi connectivity index (χ1) is 9.58. The van der Waals surface area contributed by atoms with Crippen molar-refractivity contribution in [2.75, 3.05) is 0 Å². The molecule has 2 aromatic rings. The van der Waals surface area contributed by atoms with Crippen LogP contribution < -0.4 is 15.0 Å². The molecule has 2 rings (SSSR count). The molecule has 6 heteroatoms. The summed E-state index contributed by atoms with van der Waals surface area (Å²) < 4.78 is 8.73. The molecule has 0 spiro atoms. The molecular weight excluding hydrogens is 255 g/mol. The third kappa shape index (κ3) is 3.35. The van der Waals surface area contributed by atoms with Crippen LogP contribution in [0.3, 0.4) is 0 Å². The van der Waals surface area contributed by atoms with Gasteiger partial charge in [0.1, 0.15) is 18.1 Å². The van der Waals surface area contributed by atoms with Gasteiger partial charge in [-0.1, -0.05) is 18.2 Å². The average molecular weight is 270 g/mol. The number of imidazole rings is 1. The topological polar surface area (TPSA) is 52.2 Å². The Morgan fingerprint density at radius 3 is 2.60 bits per heavy atom. The summed E-state index contributed by atoms with van der Waals surface area (Å²) in [5.41, 5.74) is 0.853. The number of hydrogen-bond acceptors (Lipinski definition) is 3. The van der Waals surface area contributed by atoms with Gasteiger partial charge in [0.2, 0.25) is 5.78 Å². The highest BCUT2D eigenvalue weighted by Crippen LogP contribution is 2.08. The Labute approximate surface area is 118 Å². The minimum absolute atomic E-state index is 0.0113. The molecule has 0 unspecified atom stereocenters. The SMILES string of the molecule is Cn1cc[n+](C)c1[B-]CC(=O)C(=O)Oc1ccccc1. The first kappa shape index (κ1) is 14.1. The van der Waals surface area contributed by atoms with Crippen molar-refractivity contribution in [3.63, 3.8) is 0 Å². The zero-order valence-corrected chi connectivity index (χ0v) is 11.4. The second-order valence-electron chi connectivity index (χ2n) is 4.41. The predicted molar refractivity (Wildman–Crippen MR) is 73.9 cm³/mol. The van der Waals surface area contributed by atoms with E-state index in [4.69, 9.17) is 4.74 Å². The predicted octanol–water partition coefficient (Wildman–Crippen LogP) is -0.228. The van der Waals surface area contributed by atoms with E-state index in [1.165, 1.54) is 0 Å². The van der Waals surface area contributed by atoms with Gasteiger partial charge in [0, 0.05) is 5.72 Å². The van der Waals surface area contributed by atoms with Crippen molar-refractivity contribution >= 4 is 24.8 Å². The van der Waals surface area contributed by atoms with E-state index in [2.05, 4.69) is 0 Å². The lowest BCUT2D eigenvalue weighted by Crippen LogP contribution is -2.50. The number of carbonyl (C=O) groups excluding carboxylic acids is 2. The second-order valence-corrected chi connectivity index (χ2v) is 4.41. The summed E-state index contributed by atoms with van der Waals surface area (Å²) in [6.07, 6.45) is 3.76. The van der Waals surface area contributed by atoms with Crippen LogP contribution in [-0.2, 0) is 23.7 Å². The Balaban J connectivity index is 1.90. The maximum Gasteiger partial charge on any atom is 0.376 e. The average Bonchev–Trinajstić information content (AvgIpc) is 2.76. The summed E-state index contributed by atoms with van der Waals surface area (Å²) >= 11 is 0. The van der Waals surface area contributed by atoms with E-state index < -0.39 is 11.8 Å². The fourth-order valence-corrected chi connectivity index (χ4v) is 1.81. The molecule has 1 aromatic carbocycles. The zero-order valence-electron chi connectivity index (χ0n) is 11.4. The molecule has 0 aliphatic rings. The van der Waals surface area contributed by atoms with Crippen LogP contribution in [-0.4, -0.2) is 23.6 Å². The lowest BCUT2D eigenvalue weighted by molar-refractivity contribution is -0.653. The van der Waals surface area contributed by atoms with Crippen molar-refractivity contribution in [3.8, 4) is 5.75 Å². The number of esters is 1. The lowest BCUT2D eigenvalue weighted by Gasteiger charge is -2.11. The van der Waals surface area contributed by atoms with Crippen LogP contribution in [0.2, 0.25) is 6.32 Å². The number of aryl methyl sites for hydroxylation is 2. The van der Waals surface area contributed by atoms with Gasteiger partial charge < -0.3 is 4.74 Å². The number of benzene rings is 1. The van der Waals surface area contributed by atoms with Gasteiger partial charge in [0.05, 0.1) is 14.1 Å². The summed E-state index contributed by atoms with van der Waals surface area (Å²) in [5, 5.41) is 0. The van der Waals surface area contributed by atoms with Gasteiger partial charge in [0.25, 0.3) is 0 Å². The van der Waals surface area contributed by atoms with E-state index in [1.54, 1.807) is 31.5 Å². The Morgan fingerprint density at radius 1 is 1.30 bits per heavy atom. The number of para-hydroxylation sites is 1. The first-order valence-corrected chi connectivity index (χ1v) is 6.22. The largest absolute Gasteiger partial charge is 0.421 e. The number of hydrogen-bond donors (Lipinski definition) is 0. The molecule has 0 bridgehead atoms. The van der Waals surface area contributed by atoms with Gasteiger partial charge in [-0.15, -0.1) is 0 Å². The second kappa shape index (κ2) is 6.19. The van der Waals surface area contributed by atoms with E-state index in [9.17, 15) is 9.59 Å². The maximum atomic E-state index is 11.7. The standard InChI is InChI=1S/C14H15BN2O3/c1-16-8-9-17(2)14(16)15-10-12(18)13(19)20-11-6-4-3-5-7-11/h3-9H,10H2,1-2H3. The Bertz CT molecular complexity index is 603. The quantitative estimate of drug-likeness (QED) is 0.248. The number of aromatic nitrogens is 2. The van der Waals surface area contributed by atoms with Crippen LogP contribution in [0.5, 0.6) is 5.75 Å².